The number of thiophene rings is 1. The quantitative estimate of drug-likeness (QED) is 0.350. The number of benzene rings is 2. The molecule has 6 rings (SSSR count). The predicted octanol–water partition coefficient (Wildman–Crippen LogP) is 6.23. The van der Waals surface area contributed by atoms with Gasteiger partial charge in [0.15, 0.2) is 11.6 Å². The second-order valence-corrected chi connectivity index (χ2v) is 8.78. The number of hydrogen-bond donors (Lipinski definition) is 1. The molecule has 5 nitrogen and oxygen atoms in total. The summed E-state index contributed by atoms with van der Waals surface area (Å²) in [6.45, 7) is 0.851. The van der Waals surface area contributed by atoms with Gasteiger partial charge in [-0.3, -0.25) is 0 Å². The van der Waals surface area contributed by atoms with Crippen molar-refractivity contribution >= 4 is 28.4 Å². The van der Waals surface area contributed by atoms with Crippen molar-refractivity contribution in [3.05, 3.63) is 83.1 Å². The van der Waals surface area contributed by atoms with Crippen molar-refractivity contribution in [3.8, 4) is 22.8 Å². The summed E-state index contributed by atoms with van der Waals surface area (Å²) in [4.78, 5) is 15.6. The molecule has 2 atom stereocenters. The molecule has 0 saturated heterocycles. The van der Waals surface area contributed by atoms with E-state index in [1.807, 2.05) is 72.0 Å². The van der Waals surface area contributed by atoms with Crippen LogP contribution in [0.2, 0.25) is 0 Å². The summed E-state index contributed by atoms with van der Waals surface area (Å²) in [5, 5.41) is 5.69. The lowest BCUT2D eigenvalue weighted by Gasteiger charge is -2.07. The lowest BCUT2D eigenvalue weighted by atomic mass is 10.2. The first-order valence-corrected chi connectivity index (χ1v) is 11.3. The zero-order valence-electron chi connectivity index (χ0n) is 16.7. The molecule has 5 aromatic rings. The molecule has 3 aromatic heterocycles. The number of hydrogen-bond acceptors (Lipinski definition) is 6. The Kier molecular flexibility index (Phi) is 4.50. The Morgan fingerprint density at radius 1 is 0.871 bits per heavy atom. The molecule has 1 aliphatic rings. The molecule has 31 heavy (non-hydrogen) atoms. The standard InChI is InChI=1S/C25H20N4OS/c1-3-8-16(9-4-1)22-27-23(26-15-18-14-19(18)20-12-7-13-31-20)21-24(28-22)29-25(30-21)17-10-5-2-6-11-17/h1-13,18-19H,14-15H2,(H,26,27,28). The predicted molar refractivity (Wildman–Crippen MR) is 124 cm³/mol. The van der Waals surface area contributed by atoms with Gasteiger partial charge in [-0.05, 0) is 41.8 Å². The van der Waals surface area contributed by atoms with Crippen LogP contribution in [0.1, 0.15) is 17.2 Å². The molecule has 1 N–H and O–H groups in total. The molecule has 2 aromatic carbocycles. The summed E-state index contributed by atoms with van der Waals surface area (Å²) in [5.41, 5.74) is 3.06. The molecule has 6 heteroatoms. The van der Waals surface area contributed by atoms with Crippen LogP contribution in [0.15, 0.2) is 82.6 Å². The van der Waals surface area contributed by atoms with Crippen molar-refractivity contribution in [1.29, 1.82) is 0 Å². The Hall–Kier alpha value is -3.51. The highest BCUT2D eigenvalue weighted by atomic mass is 32.1. The molecule has 3 heterocycles. The first-order chi connectivity index (χ1) is 15.3. The third-order valence-corrected chi connectivity index (χ3v) is 6.67. The summed E-state index contributed by atoms with van der Waals surface area (Å²) in [6.07, 6.45) is 1.21. The van der Waals surface area contributed by atoms with E-state index in [0.717, 1.165) is 17.7 Å². The number of nitrogens with zero attached hydrogens (tertiary/aromatic N) is 3. The van der Waals surface area contributed by atoms with Gasteiger partial charge < -0.3 is 9.73 Å². The third kappa shape index (κ3) is 3.59. The molecule has 0 spiro atoms. The second kappa shape index (κ2) is 7.63. The van der Waals surface area contributed by atoms with Gasteiger partial charge in [0.2, 0.25) is 17.1 Å². The summed E-state index contributed by atoms with van der Waals surface area (Å²) in [5.74, 6) is 3.17. The second-order valence-electron chi connectivity index (χ2n) is 7.80. The van der Waals surface area contributed by atoms with E-state index in [1.165, 1.54) is 11.3 Å². The maximum atomic E-state index is 6.13. The van der Waals surface area contributed by atoms with Gasteiger partial charge in [-0.15, -0.1) is 11.3 Å². The molecule has 0 amide bonds. The Labute approximate surface area is 183 Å². The fourth-order valence-corrected chi connectivity index (χ4v) is 4.85. The summed E-state index contributed by atoms with van der Waals surface area (Å²) in [7, 11) is 0. The average Bonchev–Trinajstić information content (AvgIpc) is 3.21. The zero-order chi connectivity index (χ0) is 20.6. The van der Waals surface area contributed by atoms with E-state index in [0.29, 0.717) is 40.6 Å². The minimum Gasteiger partial charge on any atom is -0.430 e. The van der Waals surface area contributed by atoms with Crippen molar-refractivity contribution in [1.82, 2.24) is 15.0 Å². The molecule has 1 fully saturated rings. The van der Waals surface area contributed by atoms with E-state index in [4.69, 9.17) is 14.4 Å². The number of rotatable bonds is 6. The van der Waals surface area contributed by atoms with E-state index >= 15 is 0 Å². The number of aromatic nitrogens is 3. The first-order valence-electron chi connectivity index (χ1n) is 10.4. The number of oxazole rings is 1. The van der Waals surface area contributed by atoms with Crippen molar-refractivity contribution in [2.24, 2.45) is 5.92 Å². The van der Waals surface area contributed by atoms with Crippen molar-refractivity contribution in [3.63, 3.8) is 0 Å². The van der Waals surface area contributed by atoms with Gasteiger partial charge in [-0.25, -0.2) is 9.97 Å². The largest absolute Gasteiger partial charge is 0.430 e. The van der Waals surface area contributed by atoms with Crippen LogP contribution < -0.4 is 5.32 Å². The van der Waals surface area contributed by atoms with Crippen LogP contribution >= 0.6 is 11.3 Å². The maximum absolute atomic E-state index is 6.13. The third-order valence-electron chi connectivity index (χ3n) is 5.67. The van der Waals surface area contributed by atoms with Crippen molar-refractivity contribution in [2.45, 2.75) is 12.3 Å². The van der Waals surface area contributed by atoms with Gasteiger partial charge in [-0.1, -0.05) is 54.6 Å². The SMILES string of the molecule is c1ccc(-c2nc(NCC3CC3c3cccs3)c3oc(-c4ccccc4)nc3n2)cc1. The van der Waals surface area contributed by atoms with Gasteiger partial charge in [0.05, 0.1) is 0 Å². The molecule has 0 aliphatic heterocycles. The van der Waals surface area contributed by atoms with Crippen LogP contribution in [0, 0.1) is 5.92 Å². The van der Waals surface area contributed by atoms with Crippen LogP contribution in [-0.4, -0.2) is 21.5 Å². The normalized spacial score (nSPS) is 17.7. The minimum atomic E-state index is 0.557. The first kappa shape index (κ1) is 18.3. The Morgan fingerprint density at radius 3 is 2.39 bits per heavy atom. The van der Waals surface area contributed by atoms with Crippen LogP contribution in [0.4, 0.5) is 5.82 Å². The lowest BCUT2D eigenvalue weighted by Crippen LogP contribution is -2.07. The van der Waals surface area contributed by atoms with E-state index in [1.54, 1.807) is 0 Å². The number of anilines is 1. The lowest BCUT2D eigenvalue weighted by molar-refractivity contribution is 0.618. The van der Waals surface area contributed by atoms with Gasteiger partial charge >= 0.3 is 0 Å². The Bertz CT molecular complexity index is 1320. The number of nitrogens with one attached hydrogen (secondary N) is 1. The topological polar surface area (TPSA) is 63.8 Å². The molecule has 0 radical (unpaired) electrons. The van der Waals surface area contributed by atoms with E-state index in [9.17, 15) is 0 Å². The summed E-state index contributed by atoms with van der Waals surface area (Å²) in [6, 6.07) is 24.2. The molecule has 1 saturated carbocycles. The molecule has 2 unspecified atom stereocenters. The Balaban J connectivity index is 1.35. The van der Waals surface area contributed by atoms with Crippen molar-refractivity contribution < 1.29 is 4.42 Å². The van der Waals surface area contributed by atoms with Crippen LogP contribution in [0.25, 0.3) is 34.1 Å². The van der Waals surface area contributed by atoms with Crippen LogP contribution in [-0.2, 0) is 0 Å². The highest BCUT2D eigenvalue weighted by molar-refractivity contribution is 7.10. The Morgan fingerprint density at radius 2 is 1.65 bits per heavy atom. The van der Waals surface area contributed by atoms with Crippen LogP contribution in [0.3, 0.4) is 0 Å². The van der Waals surface area contributed by atoms with Gasteiger partial charge in [-0.2, -0.15) is 4.98 Å². The van der Waals surface area contributed by atoms with E-state index < -0.39 is 0 Å². The fraction of sp³-hybridized carbons (Fsp3) is 0.160. The maximum Gasteiger partial charge on any atom is 0.229 e. The highest BCUT2D eigenvalue weighted by Crippen LogP contribution is 2.49. The van der Waals surface area contributed by atoms with Gasteiger partial charge in [0, 0.05) is 22.5 Å². The van der Waals surface area contributed by atoms with Crippen molar-refractivity contribution in [2.75, 3.05) is 11.9 Å². The summed E-state index contributed by atoms with van der Waals surface area (Å²) >= 11 is 1.84. The van der Waals surface area contributed by atoms with Crippen LogP contribution in [0.5, 0.6) is 0 Å². The minimum absolute atomic E-state index is 0.557. The smallest absolute Gasteiger partial charge is 0.229 e. The average molecular weight is 425 g/mol. The van der Waals surface area contributed by atoms with Gasteiger partial charge in [0.1, 0.15) is 0 Å². The molecule has 0 bridgehead atoms. The van der Waals surface area contributed by atoms with E-state index in [-0.39, 0.29) is 0 Å². The highest BCUT2D eigenvalue weighted by Gasteiger charge is 2.38. The molecule has 1 aliphatic carbocycles. The molecular formula is C25H20N4OS. The zero-order valence-corrected chi connectivity index (χ0v) is 17.5. The monoisotopic (exact) mass is 424 g/mol. The number of fused-ring (bicyclic) bond motifs is 1. The fourth-order valence-electron chi connectivity index (χ4n) is 3.92. The van der Waals surface area contributed by atoms with E-state index in [2.05, 4.69) is 27.8 Å². The molecule has 152 valence electrons. The molecular weight excluding hydrogens is 404 g/mol. The summed E-state index contributed by atoms with van der Waals surface area (Å²) < 4.78 is 6.13. The van der Waals surface area contributed by atoms with Gasteiger partial charge in [0.25, 0.3) is 0 Å².